The number of carbonyl (C=O) groups excluding carboxylic acids is 1. The first-order valence-corrected chi connectivity index (χ1v) is 7.25. The molecule has 0 aromatic carbocycles. The van der Waals surface area contributed by atoms with Gasteiger partial charge in [-0.1, -0.05) is 6.92 Å². The summed E-state index contributed by atoms with van der Waals surface area (Å²) < 4.78 is 28.9. The molecule has 0 atom stereocenters. The lowest BCUT2D eigenvalue weighted by atomic mass is 10.2. The topological polar surface area (TPSA) is 89.2 Å². The van der Waals surface area contributed by atoms with Gasteiger partial charge in [-0.05, 0) is 6.42 Å². The number of methoxy groups -OCH3 is 1. The molecule has 0 bridgehead atoms. The van der Waals surface area contributed by atoms with Gasteiger partial charge in [-0.15, -0.1) is 0 Å². The number of halogens is 1. The van der Waals surface area contributed by atoms with Gasteiger partial charge < -0.3 is 9.30 Å². The molecule has 0 spiro atoms. The number of aromatic nitrogens is 1. The molecule has 1 aromatic rings. The number of carbonyl (C=O) groups is 1. The van der Waals surface area contributed by atoms with Crippen molar-refractivity contribution in [1.29, 1.82) is 5.26 Å². The molecule has 18 heavy (non-hydrogen) atoms. The molecule has 0 aliphatic heterocycles. The molecule has 0 fully saturated rings. The minimum Gasteiger partial charge on any atom is -0.465 e. The molecule has 0 saturated heterocycles. The van der Waals surface area contributed by atoms with Crippen LogP contribution in [-0.2, 0) is 27.3 Å². The van der Waals surface area contributed by atoms with Gasteiger partial charge in [0, 0.05) is 23.4 Å². The van der Waals surface area contributed by atoms with Crippen LogP contribution in [0.4, 0.5) is 0 Å². The van der Waals surface area contributed by atoms with E-state index in [1.54, 1.807) is 13.0 Å². The van der Waals surface area contributed by atoms with Gasteiger partial charge in [-0.25, -0.2) is 13.2 Å². The fourth-order valence-electron chi connectivity index (χ4n) is 1.79. The van der Waals surface area contributed by atoms with E-state index in [-0.39, 0.29) is 11.3 Å². The highest BCUT2D eigenvalue weighted by Crippen LogP contribution is 2.30. The van der Waals surface area contributed by atoms with Crippen molar-refractivity contribution < 1.29 is 17.9 Å². The predicted molar refractivity (Wildman–Crippen MR) is 63.9 cm³/mol. The van der Waals surface area contributed by atoms with Crippen LogP contribution in [0.3, 0.4) is 0 Å². The Hall–Kier alpha value is -1.52. The van der Waals surface area contributed by atoms with E-state index in [4.69, 9.17) is 15.9 Å². The van der Waals surface area contributed by atoms with E-state index in [0.717, 1.165) is 7.11 Å². The van der Waals surface area contributed by atoms with E-state index in [1.807, 2.05) is 0 Å². The highest BCUT2D eigenvalue weighted by molar-refractivity contribution is 8.13. The number of nitriles is 1. The first kappa shape index (κ1) is 14.5. The number of nitrogens with zero attached hydrogens (tertiary/aromatic N) is 2. The smallest absolute Gasteiger partial charge is 0.341 e. The number of hydrogen-bond donors (Lipinski definition) is 0. The zero-order valence-electron chi connectivity index (χ0n) is 10.0. The number of hydrogen-bond acceptors (Lipinski definition) is 5. The van der Waals surface area contributed by atoms with E-state index >= 15 is 0 Å². The number of ether oxygens (including phenoxy) is 1. The lowest BCUT2D eigenvalue weighted by Crippen LogP contribution is -2.08. The maximum Gasteiger partial charge on any atom is 0.341 e. The van der Waals surface area contributed by atoms with Crippen LogP contribution in [0.2, 0.25) is 0 Å². The van der Waals surface area contributed by atoms with Crippen LogP contribution in [-0.4, -0.2) is 26.1 Å². The van der Waals surface area contributed by atoms with Crippen molar-refractivity contribution in [1.82, 2.24) is 4.57 Å². The van der Waals surface area contributed by atoms with Crippen LogP contribution in [0.25, 0.3) is 0 Å². The van der Waals surface area contributed by atoms with Gasteiger partial charge >= 0.3 is 5.97 Å². The first-order valence-electron chi connectivity index (χ1n) is 4.94. The minimum atomic E-state index is -4.22. The van der Waals surface area contributed by atoms with Crippen molar-refractivity contribution in [2.24, 2.45) is 7.05 Å². The summed E-state index contributed by atoms with van der Waals surface area (Å²) in [4.78, 5) is 11.2. The number of esters is 1. The van der Waals surface area contributed by atoms with Crippen LogP contribution in [0.1, 0.15) is 28.7 Å². The second kappa shape index (κ2) is 5.00. The first-order chi connectivity index (χ1) is 8.29. The van der Waals surface area contributed by atoms with Crippen molar-refractivity contribution >= 4 is 25.7 Å². The van der Waals surface area contributed by atoms with Gasteiger partial charge in [0.2, 0.25) is 0 Å². The molecule has 0 radical (unpaired) electrons. The fourth-order valence-corrected chi connectivity index (χ4v) is 3.10. The molecule has 8 heteroatoms. The van der Waals surface area contributed by atoms with Crippen molar-refractivity contribution in [3.8, 4) is 6.07 Å². The van der Waals surface area contributed by atoms with Crippen LogP contribution in [0.15, 0.2) is 4.90 Å². The lowest BCUT2D eigenvalue weighted by Gasteiger charge is -2.03. The SMILES string of the molecule is CCc1c(C(=O)OC)c(S(=O)(=O)Cl)c(C#N)n1C. The second-order valence-electron chi connectivity index (χ2n) is 3.45. The fraction of sp³-hybridized carbons (Fsp3) is 0.400. The molecule has 98 valence electrons. The summed E-state index contributed by atoms with van der Waals surface area (Å²) in [5.74, 6) is -0.830. The highest BCUT2D eigenvalue weighted by atomic mass is 35.7. The molecule has 0 unspecified atom stereocenters. The van der Waals surface area contributed by atoms with Gasteiger partial charge in [0.25, 0.3) is 9.05 Å². The molecule has 6 nitrogen and oxygen atoms in total. The van der Waals surface area contributed by atoms with E-state index < -0.39 is 19.9 Å². The molecular weight excluding hydrogens is 280 g/mol. The molecule has 0 aliphatic rings. The summed E-state index contributed by atoms with van der Waals surface area (Å²) >= 11 is 0. The Kier molecular flexibility index (Phi) is 4.04. The normalized spacial score (nSPS) is 11.1. The standard InChI is InChI=1S/C10H11ClN2O4S/c1-4-6-8(10(14)17-3)9(18(11,15)16)7(5-12)13(6)2/h4H2,1-3H3. The summed E-state index contributed by atoms with van der Waals surface area (Å²) in [6.07, 6.45) is 0.363. The third-order valence-corrected chi connectivity index (χ3v) is 3.89. The maximum atomic E-state index is 11.7. The van der Waals surface area contributed by atoms with Crippen molar-refractivity contribution in [3.05, 3.63) is 17.0 Å². The minimum absolute atomic E-state index is 0.172. The maximum absolute atomic E-state index is 11.7. The van der Waals surface area contributed by atoms with Gasteiger partial charge in [0.1, 0.15) is 22.2 Å². The molecule has 0 aliphatic carbocycles. The summed E-state index contributed by atoms with van der Waals surface area (Å²) in [5.41, 5.74) is 0.0360. The van der Waals surface area contributed by atoms with Crippen LogP contribution < -0.4 is 0 Å². The largest absolute Gasteiger partial charge is 0.465 e. The van der Waals surface area contributed by atoms with E-state index in [9.17, 15) is 13.2 Å². The quantitative estimate of drug-likeness (QED) is 0.616. The summed E-state index contributed by atoms with van der Waals surface area (Å²) in [6, 6.07) is 1.74. The van der Waals surface area contributed by atoms with Crippen molar-refractivity contribution in [2.45, 2.75) is 18.2 Å². The van der Waals surface area contributed by atoms with E-state index in [1.165, 1.54) is 11.6 Å². The summed E-state index contributed by atoms with van der Waals surface area (Å²) in [7, 11) is 3.70. The zero-order chi connectivity index (χ0) is 14.1. The molecular formula is C10H11ClN2O4S. The Labute approximate surface area is 109 Å². The second-order valence-corrected chi connectivity index (χ2v) is 5.96. The van der Waals surface area contributed by atoms with Gasteiger partial charge in [-0.2, -0.15) is 5.26 Å². The Bertz CT molecular complexity index is 640. The molecule has 1 aromatic heterocycles. The van der Waals surface area contributed by atoms with Crippen molar-refractivity contribution in [3.63, 3.8) is 0 Å². The van der Waals surface area contributed by atoms with Crippen molar-refractivity contribution in [2.75, 3.05) is 7.11 Å². The van der Waals surface area contributed by atoms with E-state index in [0.29, 0.717) is 12.1 Å². The average Bonchev–Trinajstić information content (AvgIpc) is 2.59. The third kappa shape index (κ3) is 2.21. The highest BCUT2D eigenvalue weighted by Gasteiger charge is 2.32. The Morgan fingerprint density at radius 3 is 2.44 bits per heavy atom. The average molecular weight is 291 g/mol. The molecule has 1 heterocycles. The van der Waals surface area contributed by atoms with Crippen LogP contribution >= 0.6 is 10.7 Å². The van der Waals surface area contributed by atoms with E-state index in [2.05, 4.69) is 4.74 Å². The molecule has 0 amide bonds. The summed E-state index contributed by atoms with van der Waals surface area (Å²) in [5, 5.41) is 9.00. The Morgan fingerprint density at radius 1 is 1.56 bits per heavy atom. The number of rotatable bonds is 3. The monoisotopic (exact) mass is 290 g/mol. The zero-order valence-corrected chi connectivity index (χ0v) is 11.6. The molecule has 0 saturated carbocycles. The molecule has 1 rings (SSSR count). The van der Waals surface area contributed by atoms with Crippen LogP contribution in [0.5, 0.6) is 0 Å². The molecule has 0 N–H and O–H groups in total. The lowest BCUT2D eigenvalue weighted by molar-refractivity contribution is 0.0595. The third-order valence-electron chi connectivity index (χ3n) is 2.55. The van der Waals surface area contributed by atoms with Gasteiger partial charge in [-0.3, -0.25) is 0 Å². The Morgan fingerprint density at radius 2 is 2.11 bits per heavy atom. The summed E-state index contributed by atoms with van der Waals surface area (Å²) in [6.45, 7) is 1.73. The van der Waals surface area contributed by atoms with Crippen LogP contribution in [0, 0.1) is 11.3 Å². The predicted octanol–water partition coefficient (Wildman–Crippen LogP) is 1.17. The van der Waals surface area contributed by atoms with Gasteiger partial charge in [0.15, 0.2) is 0 Å². The van der Waals surface area contributed by atoms with Gasteiger partial charge in [0.05, 0.1) is 7.11 Å². The Balaban J connectivity index is 3.88.